The van der Waals surface area contributed by atoms with Crippen LogP contribution in [0, 0.1) is 0 Å². The second kappa shape index (κ2) is 8.55. The highest BCUT2D eigenvalue weighted by atomic mass is 16.4. The van der Waals surface area contributed by atoms with Gasteiger partial charge in [0.15, 0.2) is 5.75 Å². The first-order valence-corrected chi connectivity index (χ1v) is 7.42. The molecule has 7 nitrogen and oxygen atoms in total. The number of aliphatic carboxylic acids is 1. The summed E-state index contributed by atoms with van der Waals surface area (Å²) in [6.45, 7) is 7.66. The van der Waals surface area contributed by atoms with Crippen LogP contribution in [0.15, 0.2) is 17.1 Å². The SMILES string of the molecule is CCN(CC)CCn1cc(O)c(=O)cc1CN(C)CC(=O)O. The Bertz CT molecular complexity index is 552. The van der Waals surface area contributed by atoms with Gasteiger partial charge in [0.1, 0.15) is 0 Å². The van der Waals surface area contributed by atoms with E-state index >= 15 is 0 Å². The topological polar surface area (TPSA) is 86.0 Å². The van der Waals surface area contributed by atoms with Crippen molar-refractivity contribution in [2.75, 3.05) is 33.2 Å². The van der Waals surface area contributed by atoms with Gasteiger partial charge in [0, 0.05) is 31.4 Å². The van der Waals surface area contributed by atoms with E-state index < -0.39 is 11.4 Å². The molecule has 1 aromatic rings. The van der Waals surface area contributed by atoms with Crippen LogP contribution in [0.4, 0.5) is 0 Å². The molecule has 7 heteroatoms. The van der Waals surface area contributed by atoms with E-state index in [4.69, 9.17) is 5.11 Å². The van der Waals surface area contributed by atoms with Crippen LogP contribution in [0.2, 0.25) is 0 Å². The molecule has 0 saturated heterocycles. The summed E-state index contributed by atoms with van der Waals surface area (Å²) in [4.78, 5) is 26.2. The van der Waals surface area contributed by atoms with Crippen LogP contribution < -0.4 is 5.43 Å². The average Bonchev–Trinajstić information content (AvgIpc) is 2.43. The van der Waals surface area contributed by atoms with E-state index in [-0.39, 0.29) is 12.3 Å². The third-order valence-corrected chi connectivity index (χ3v) is 3.59. The molecule has 1 rings (SSSR count). The van der Waals surface area contributed by atoms with Gasteiger partial charge in [0.05, 0.1) is 12.7 Å². The van der Waals surface area contributed by atoms with Gasteiger partial charge in [0.25, 0.3) is 0 Å². The number of likely N-dealkylation sites (N-methyl/N-ethyl adjacent to an activating group) is 2. The lowest BCUT2D eigenvalue weighted by Crippen LogP contribution is -2.30. The van der Waals surface area contributed by atoms with E-state index in [1.807, 2.05) is 4.57 Å². The number of carboxylic acid groups (broad SMARTS) is 1. The smallest absolute Gasteiger partial charge is 0.317 e. The summed E-state index contributed by atoms with van der Waals surface area (Å²) >= 11 is 0. The highest BCUT2D eigenvalue weighted by Gasteiger charge is 2.11. The lowest BCUT2D eigenvalue weighted by molar-refractivity contribution is -0.138. The Balaban J connectivity index is 2.91. The number of rotatable bonds is 9. The van der Waals surface area contributed by atoms with Crippen LogP contribution >= 0.6 is 0 Å². The number of carbonyl (C=O) groups is 1. The van der Waals surface area contributed by atoms with Crippen molar-refractivity contribution in [2.45, 2.75) is 26.9 Å². The molecule has 0 aromatic carbocycles. The molecule has 0 aliphatic rings. The van der Waals surface area contributed by atoms with Gasteiger partial charge < -0.3 is 19.7 Å². The summed E-state index contributed by atoms with van der Waals surface area (Å²) in [6, 6.07) is 1.37. The Labute approximate surface area is 130 Å². The van der Waals surface area contributed by atoms with Gasteiger partial charge in [0.2, 0.25) is 5.43 Å². The zero-order valence-electron chi connectivity index (χ0n) is 13.4. The maximum Gasteiger partial charge on any atom is 0.317 e. The fraction of sp³-hybridized carbons (Fsp3) is 0.600. The summed E-state index contributed by atoms with van der Waals surface area (Å²) in [7, 11) is 1.68. The predicted octanol–water partition coefficient (Wildman–Crippen LogP) is 0.412. The largest absolute Gasteiger partial charge is 0.503 e. The summed E-state index contributed by atoms with van der Waals surface area (Å²) < 4.78 is 1.81. The van der Waals surface area contributed by atoms with E-state index in [0.29, 0.717) is 18.8 Å². The third-order valence-electron chi connectivity index (χ3n) is 3.59. The quantitative estimate of drug-likeness (QED) is 0.687. The third kappa shape index (κ3) is 5.50. The molecule has 0 bridgehead atoms. The zero-order valence-corrected chi connectivity index (χ0v) is 13.4. The minimum Gasteiger partial charge on any atom is -0.503 e. The lowest BCUT2D eigenvalue weighted by atomic mass is 10.3. The molecule has 1 aromatic heterocycles. The Hall–Kier alpha value is -1.86. The van der Waals surface area contributed by atoms with Crippen molar-refractivity contribution >= 4 is 5.97 Å². The Kier molecular flexibility index (Phi) is 7.07. The molecule has 0 atom stereocenters. The molecule has 0 unspecified atom stereocenters. The van der Waals surface area contributed by atoms with Crippen LogP contribution in [-0.4, -0.2) is 63.8 Å². The normalized spacial score (nSPS) is 11.3. The van der Waals surface area contributed by atoms with Crippen molar-refractivity contribution in [1.29, 1.82) is 0 Å². The molecule has 0 amide bonds. The number of nitrogens with zero attached hydrogens (tertiary/aromatic N) is 3. The number of hydrogen-bond acceptors (Lipinski definition) is 5. The maximum atomic E-state index is 11.6. The van der Waals surface area contributed by atoms with Crippen molar-refractivity contribution in [3.63, 3.8) is 0 Å². The van der Waals surface area contributed by atoms with E-state index in [0.717, 1.165) is 19.6 Å². The predicted molar refractivity (Wildman–Crippen MR) is 84.1 cm³/mol. The Morgan fingerprint density at radius 1 is 1.32 bits per heavy atom. The average molecular weight is 311 g/mol. The van der Waals surface area contributed by atoms with Crippen LogP contribution in [0.1, 0.15) is 19.5 Å². The van der Waals surface area contributed by atoms with E-state index in [1.54, 1.807) is 11.9 Å². The van der Waals surface area contributed by atoms with Crippen LogP contribution in [-0.2, 0) is 17.9 Å². The summed E-state index contributed by atoms with van der Waals surface area (Å²) in [5.41, 5.74) is 0.247. The van der Waals surface area contributed by atoms with Crippen molar-refractivity contribution in [3.05, 3.63) is 28.2 Å². The van der Waals surface area contributed by atoms with Crippen LogP contribution in [0.25, 0.3) is 0 Å². The highest BCUT2D eigenvalue weighted by Crippen LogP contribution is 2.08. The van der Waals surface area contributed by atoms with Crippen molar-refractivity contribution < 1.29 is 15.0 Å². The molecule has 2 N–H and O–H groups in total. The highest BCUT2D eigenvalue weighted by molar-refractivity contribution is 5.69. The van der Waals surface area contributed by atoms with Gasteiger partial charge in [-0.15, -0.1) is 0 Å². The molecule has 0 aliphatic heterocycles. The van der Waals surface area contributed by atoms with Crippen molar-refractivity contribution in [3.8, 4) is 5.75 Å². The van der Waals surface area contributed by atoms with E-state index in [9.17, 15) is 14.7 Å². The Morgan fingerprint density at radius 2 is 1.95 bits per heavy atom. The van der Waals surface area contributed by atoms with Crippen molar-refractivity contribution in [1.82, 2.24) is 14.4 Å². The molecule has 22 heavy (non-hydrogen) atoms. The van der Waals surface area contributed by atoms with Gasteiger partial charge in [-0.1, -0.05) is 13.8 Å². The van der Waals surface area contributed by atoms with Gasteiger partial charge in [-0.25, -0.2) is 0 Å². The molecule has 0 aliphatic carbocycles. The van der Waals surface area contributed by atoms with Crippen LogP contribution in [0.5, 0.6) is 5.75 Å². The van der Waals surface area contributed by atoms with E-state index in [2.05, 4.69) is 18.7 Å². The summed E-state index contributed by atoms with van der Waals surface area (Å²) in [5.74, 6) is -1.21. The van der Waals surface area contributed by atoms with E-state index in [1.165, 1.54) is 12.3 Å². The summed E-state index contributed by atoms with van der Waals surface area (Å²) in [6.07, 6.45) is 1.43. The standard InChI is InChI=1S/C15H25N3O4/c1-4-17(5-2)6-7-18-10-14(20)13(19)8-12(18)9-16(3)11-15(21)22/h8,10,20H,4-7,9,11H2,1-3H3,(H,21,22). The lowest BCUT2D eigenvalue weighted by Gasteiger charge is -2.22. The fourth-order valence-corrected chi connectivity index (χ4v) is 2.30. The Morgan fingerprint density at radius 3 is 2.50 bits per heavy atom. The second-order valence-corrected chi connectivity index (χ2v) is 5.30. The monoisotopic (exact) mass is 311 g/mol. The molecule has 0 fully saturated rings. The van der Waals surface area contributed by atoms with Crippen LogP contribution in [0.3, 0.4) is 0 Å². The van der Waals surface area contributed by atoms with Gasteiger partial charge in [-0.3, -0.25) is 14.5 Å². The van der Waals surface area contributed by atoms with Gasteiger partial charge in [-0.05, 0) is 20.1 Å². The number of aromatic nitrogens is 1. The molecule has 124 valence electrons. The second-order valence-electron chi connectivity index (χ2n) is 5.30. The molecule has 0 spiro atoms. The van der Waals surface area contributed by atoms with Gasteiger partial charge in [-0.2, -0.15) is 0 Å². The first kappa shape index (κ1) is 18.2. The maximum absolute atomic E-state index is 11.6. The number of pyridine rings is 1. The number of hydrogen-bond donors (Lipinski definition) is 2. The fourth-order valence-electron chi connectivity index (χ4n) is 2.30. The van der Waals surface area contributed by atoms with Crippen molar-refractivity contribution in [2.24, 2.45) is 0 Å². The van der Waals surface area contributed by atoms with Gasteiger partial charge >= 0.3 is 5.97 Å². The molecular formula is C15H25N3O4. The minimum absolute atomic E-state index is 0.106. The number of aromatic hydroxyl groups is 1. The molecule has 0 saturated carbocycles. The minimum atomic E-state index is -0.918. The number of carboxylic acids is 1. The zero-order chi connectivity index (χ0) is 16.7. The molecule has 1 heterocycles. The first-order valence-electron chi connectivity index (χ1n) is 7.42. The molecule has 0 radical (unpaired) electrons. The first-order chi connectivity index (χ1) is 10.4. The summed E-state index contributed by atoms with van der Waals surface area (Å²) in [5, 5.41) is 18.4. The molecular weight excluding hydrogens is 286 g/mol.